The maximum Gasteiger partial charge on any atom is 0.168 e. The van der Waals surface area contributed by atoms with Gasteiger partial charge in [0.05, 0.1) is 16.8 Å². The quantitative estimate of drug-likeness (QED) is 0.729. The molecule has 1 saturated heterocycles. The standard InChI is InChI=1S/C16H16FN5/c1-11-14-15(21-7-2-3-8-21)18-10-19-16(14)22(20-11)13-6-4-5-12(17)9-13/h4-6,9-10H,2-3,7-8H2,1H3. The third-order valence-corrected chi connectivity index (χ3v) is 4.08. The molecule has 1 fully saturated rings. The lowest BCUT2D eigenvalue weighted by Gasteiger charge is -2.16. The van der Waals surface area contributed by atoms with Gasteiger partial charge in [0.2, 0.25) is 0 Å². The number of rotatable bonds is 2. The van der Waals surface area contributed by atoms with Crippen LogP contribution in [0.1, 0.15) is 18.5 Å². The van der Waals surface area contributed by atoms with Crippen LogP contribution in [0.25, 0.3) is 16.7 Å². The lowest BCUT2D eigenvalue weighted by Crippen LogP contribution is -2.19. The van der Waals surface area contributed by atoms with Crippen molar-refractivity contribution in [1.29, 1.82) is 0 Å². The Morgan fingerprint density at radius 2 is 1.95 bits per heavy atom. The SMILES string of the molecule is Cc1nn(-c2cccc(F)c2)c2ncnc(N3CCCC3)c12. The Balaban J connectivity index is 1.93. The average Bonchev–Trinajstić information content (AvgIpc) is 3.16. The second kappa shape index (κ2) is 5.05. The number of aryl methyl sites for hydroxylation is 1. The molecular formula is C16H16FN5. The molecule has 0 aliphatic carbocycles. The third kappa shape index (κ3) is 2.03. The van der Waals surface area contributed by atoms with Crippen molar-refractivity contribution in [3.63, 3.8) is 0 Å². The van der Waals surface area contributed by atoms with Gasteiger partial charge in [-0.05, 0) is 38.0 Å². The minimum Gasteiger partial charge on any atom is -0.356 e. The summed E-state index contributed by atoms with van der Waals surface area (Å²) < 4.78 is 15.2. The summed E-state index contributed by atoms with van der Waals surface area (Å²) in [5.41, 5.74) is 2.26. The lowest BCUT2D eigenvalue weighted by molar-refractivity contribution is 0.625. The van der Waals surface area contributed by atoms with Crippen molar-refractivity contribution >= 4 is 16.9 Å². The largest absolute Gasteiger partial charge is 0.356 e. The summed E-state index contributed by atoms with van der Waals surface area (Å²) in [5, 5.41) is 5.51. The number of hydrogen-bond acceptors (Lipinski definition) is 4. The summed E-state index contributed by atoms with van der Waals surface area (Å²) in [6, 6.07) is 6.39. The number of nitrogens with zero attached hydrogens (tertiary/aromatic N) is 5. The van der Waals surface area contributed by atoms with Crippen LogP contribution in [-0.2, 0) is 0 Å². The fraction of sp³-hybridized carbons (Fsp3) is 0.312. The number of halogens is 1. The molecule has 0 unspecified atom stereocenters. The predicted octanol–water partition coefficient (Wildman–Crippen LogP) is 2.86. The molecule has 0 bridgehead atoms. The third-order valence-electron chi connectivity index (χ3n) is 4.08. The zero-order valence-electron chi connectivity index (χ0n) is 12.3. The van der Waals surface area contributed by atoms with Gasteiger partial charge in [-0.3, -0.25) is 0 Å². The van der Waals surface area contributed by atoms with Crippen molar-refractivity contribution < 1.29 is 4.39 Å². The number of anilines is 1. The number of benzene rings is 1. The van der Waals surface area contributed by atoms with Crippen LogP contribution in [0.4, 0.5) is 10.2 Å². The van der Waals surface area contributed by atoms with E-state index in [0.717, 1.165) is 35.6 Å². The van der Waals surface area contributed by atoms with E-state index in [1.54, 1.807) is 17.1 Å². The summed E-state index contributed by atoms with van der Waals surface area (Å²) in [6.45, 7) is 3.97. The Morgan fingerprint density at radius 1 is 1.14 bits per heavy atom. The van der Waals surface area contributed by atoms with E-state index < -0.39 is 0 Å². The fourth-order valence-corrected chi connectivity index (χ4v) is 3.06. The molecule has 0 spiro atoms. The highest BCUT2D eigenvalue weighted by Gasteiger charge is 2.21. The highest BCUT2D eigenvalue weighted by molar-refractivity contribution is 5.90. The Morgan fingerprint density at radius 3 is 2.73 bits per heavy atom. The van der Waals surface area contributed by atoms with E-state index in [-0.39, 0.29) is 5.82 Å². The average molecular weight is 297 g/mol. The van der Waals surface area contributed by atoms with Gasteiger partial charge in [0, 0.05) is 13.1 Å². The van der Waals surface area contributed by atoms with Crippen molar-refractivity contribution in [3.8, 4) is 5.69 Å². The van der Waals surface area contributed by atoms with Gasteiger partial charge >= 0.3 is 0 Å². The molecule has 0 amide bonds. The van der Waals surface area contributed by atoms with Crippen LogP contribution < -0.4 is 4.90 Å². The normalized spacial score (nSPS) is 14.9. The number of hydrogen-bond donors (Lipinski definition) is 0. The molecule has 22 heavy (non-hydrogen) atoms. The maximum absolute atomic E-state index is 13.5. The summed E-state index contributed by atoms with van der Waals surface area (Å²) in [7, 11) is 0. The molecule has 0 atom stereocenters. The topological polar surface area (TPSA) is 46.8 Å². The van der Waals surface area contributed by atoms with Gasteiger partial charge in [0.15, 0.2) is 5.65 Å². The molecule has 112 valence electrons. The molecule has 1 aromatic carbocycles. The van der Waals surface area contributed by atoms with Crippen LogP contribution in [0, 0.1) is 12.7 Å². The van der Waals surface area contributed by atoms with Gasteiger partial charge in [0.1, 0.15) is 18.0 Å². The first-order chi connectivity index (χ1) is 10.7. The van der Waals surface area contributed by atoms with E-state index in [2.05, 4.69) is 20.0 Å². The molecule has 1 aliphatic rings. The van der Waals surface area contributed by atoms with E-state index in [9.17, 15) is 4.39 Å². The summed E-state index contributed by atoms with van der Waals surface area (Å²) in [5.74, 6) is 0.648. The zero-order valence-corrected chi connectivity index (χ0v) is 12.3. The molecule has 3 aromatic rings. The van der Waals surface area contributed by atoms with Crippen molar-refractivity contribution in [2.24, 2.45) is 0 Å². The van der Waals surface area contributed by atoms with Gasteiger partial charge in [-0.25, -0.2) is 19.0 Å². The molecule has 5 nitrogen and oxygen atoms in total. The van der Waals surface area contributed by atoms with E-state index in [0.29, 0.717) is 5.69 Å². The molecule has 0 saturated carbocycles. The summed E-state index contributed by atoms with van der Waals surface area (Å²) in [6.07, 6.45) is 3.93. The zero-order chi connectivity index (χ0) is 15.1. The fourth-order valence-electron chi connectivity index (χ4n) is 3.06. The molecule has 2 aromatic heterocycles. The molecule has 1 aliphatic heterocycles. The Bertz CT molecular complexity index is 836. The lowest BCUT2D eigenvalue weighted by atomic mass is 10.2. The number of fused-ring (bicyclic) bond motifs is 1. The molecule has 3 heterocycles. The monoisotopic (exact) mass is 297 g/mol. The van der Waals surface area contributed by atoms with Crippen LogP contribution in [0.3, 0.4) is 0 Å². The Labute approximate surface area is 127 Å². The molecule has 4 rings (SSSR count). The van der Waals surface area contributed by atoms with E-state index in [1.807, 2.05) is 13.0 Å². The minimum absolute atomic E-state index is 0.285. The van der Waals surface area contributed by atoms with Crippen LogP contribution in [0.2, 0.25) is 0 Å². The van der Waals surface area contributed by atoms with Crippen LogP contribution in [0.15, 0.2) is 30.6 Å². The van der Waals surface area contributed by atoms with Crippen molar-refractivity contribution in [1.82, 2.24) is 19.7 Å². The molecular weight excluding hydrogens is 281 g/mol. The van der Waals surface area contributed by atoms with Crippen molar-refractivity contribution in [2.75, 3.05) is 18.0 Å². The minimum atomic E-state index is -0.285. The second-order valence-electron chi connectivity index (χ2n) is 5.57. The Kier molecular flexibility index (Phi) is 3.03. The highest BCUT2D eigenvalue weighted by atomic mass is 19.1. The first-order valence-corrected chi connectivity index (χ1v) is 7.45. The summed E-state index contributed by atoms with van der Waals surface area (Å²) >= 11 is 0. The van der Waals surface area contributed by atoms with Gasteiger partial charge in [-0.2, -0.15) is 5.10 Å². The maximum atomic E-state index is 13.5. The van der Waals surface area contributed by atoms with E-state index >= 15 is 0 Å². The predicted molar refractivity (Wildman–Crippen MR) is 82.8 cm³/mol. The van der Waals surface area contributed by atoms with Gasteiger partial charge in [-0.15, -0.1) is 0 Å². The van der Waals surface area contributed by atoms with Gasteiger partial charge in [0.25, 0.3) is 0 Å². The Hall–Kier alpha value is -2.50. The first kappa shape index (κ1) is 13.2. The van der Waals surface area contributed by atoms with Crippen LogP contribution >= 0.6 is 0 Å². The van der Waals surface area contributed by atoms with Gasteiger partial charge < -0.3 is 4.90 Å². The van der Waals surface area contributed by atoms with Crippen molar-refractivity contribution in [3.05, 3.63) is 42.1 Å². The van der Waals surface area contributed by atoms with Crippen LogP contribution in [-0.4, -0.2) is 32.8 Å². The summed E-state index contributed by atoms with van der Waals surface area (Å²) in [4.78, 5) is 11.1. The van der Waals surface area contributed by atoms with E-state index in [1.165, 1.54) is 25.0 Å². The van der Waals surface area contributed by atoms with E-state index in [4.69, 9.17) is 0 Å². The first-order valence-electron chi connectivity index (χ1n) is 7.45. The molecule has 0 N–H and O–H groups in total. The van der Waals surface area contributed by atoms with Gasteiger partial charge in [-0.1, -0.05) is 6.07 Å². The highest BCUT2D eigenvalue weighted by Crippen LogP contribution is 2.29. The number of aromatic nitrogens is 4. The molecule has 0 radical (unpaired) electrons. The van der Waals surface area contributed by atoms with Crippen LogP contribution in [0.5, 0.6) is 0 Å². The van der Waals surface area contributed by atoms with Crippen molar-refractivity contribution in [2.45, 2.75) is 19.8 Å². The second-order valence-corrected chi connectivity index (χ2v) is 5.57. The molecule has 6 heteroatoms. The smallest absolute Gasteiger partial charge is 0.168 e.